The lowest BCUT2D eigenvalue weighted by molar-refractivity contribution is -0.137. The van der Waals surface area contributed by atoms with E-state index in [9.17, 15) is 23.1 Å². The Morgan fingerprint density at radius 2 is 2.10 bits per heavy atom. The number of benzene rings is 1. The number of carbonyl (C=O) groups is 1. The summed E-state index contributed by atoms with van der Waals surface area (Å²) in [6.45, 7) is 4.84. The van der Waals surface area contributed by atoms with Gasteiger partial charge in [-0.25, -0.2) is 4.98 Å². The summed E-state index contributed by atoms with van der Waals surface area (Å²) in [7, 11) is 0. The average molecular weight is 417 g/mol. The number of aromatic hydroxyl groups is 1. The second-order valence-corrected chi connectivity index (χ2v) is 7.13. The van der Waals surface area contributed by atoms with Crippen LogP contribution >= 0.6 is 0 Å². The van der Waals surface area contributed by atoms with Crippen LogP contribution in [0, 0.1) is 5.92 Å². The maximum absolute atomic E-state index is 13.5. The molecule has 1 aliphatic rings. The van der Waals surface area contributed by atoms with Crippen molar-refractivity contribution in [1.29, 1.82) is 0 Å². The van der Waals surface area contributed by atoms with Gasteiger partial charge < -0.3 is 19.1 Å². The van der Waals surface area contributed by atoms with Gasteiger partial charge >= 0.3 is 6.18 Å². The molecule has 9 heteroatoms. The van der Waals surface area contributed by atoms with Crippen molar-refractivity contribution in [3.63, 3.8) is 0 Å². The van der Waals surface area contributed by atoms with Crippen LogP contribution in [0.4, 0.5) is 13.2 Å². The molecule has 3 heterocycles. The maximum Gasteiger partial charge on any atom is 0.417 e. The van der Waals surface area contributed by atoms with Gasteiger partial charge in [0.15, 0.2) is 0 Å². The monoisotopic (exact) mass is 417 g/mol. The molecule has 3 aromatic rings. The van der Waals surface area contributed by atoms with Crippen LogP contribution in [-0.2, 0) is 11.0 Å². The molecule has 0 radical (unpaired) electrons. The highest BCUT2D eigenvalue weighted by Gasteiger charge is 2.34. The van der Waals surface area contributed by atoms with Crippen molar-refractivity contribution in [2.24, 2.45) is 5.92 Å². The smallest absolute Gasteiger partial charge is 0.417 e. The van der Waals surface area contributed by atoms with Crippen LogP contribution in [0.5, 0.6) is 11.5 Å². The van der Waals surface area contributed by atoms with Crippen molar-refractivity contribution in [1.82, 2.24) is 14.3 Å². The van der Waals surface area contributed by atoms with Gasteiger partial charge in [-0.15, -0.1) is 0 Å². The van der Waals surface area contributed by atoms with Crippen LogP contribution in [0.15, 0.2) is 55.6 Å². The fraction of sp³-hybridized carbons (Fsp3) is 0.238. The fourth-order valence-electron chi connectivity index (χ4n) is 3.47. The Balaban J connectivity index is 1.63. The van der Waals surface area contributed by atoms with Gasteiger partial charge in [-0.1, -0.05) is 12.6 Å². The molecule has 1 amide bonds. The van der Waals surface area contributed by atoms with Crippen LogP contribution in [0.2, 0.25) is 0 Å². The molecule has 1 saturated heterocycles. The highest BCUT2D eigenvalue weighted by molar-refractivity contribution is 5.87. The van der Waals surface area contributed by atoms with E-state index >= 15 is 0 Å². The first-order chi connectivity index (χ1) is 14.3. The van der Waals surface area contributed by atoms with Crippen LogP contribution in [-0.4, -0.2) is 45.0 Å². The third-order valence-corrected chi connectivity index (χ3v) is 5.02. The zero-order valence-electron chi connectivity index (χ0n) is 15.8. The molecule has 1 aromatic carbocycles. The van der Waals surface area contributed by atoms with Gasteiger partial charge in [0.05, 0.1) is 24.7 Å². The summed E-state index contributed by atoms with van der Waals surface area (Å²) in [4.78, 5) is 17.2. The number of ether oxygens (including phenoxy) is 1. The lowest BCUT2D eigenvalue weighted by Crippen LogP contribution is -2.51. The van der Waals surface area contributed by atoms with Gasteiger partial charge in [0, 0.05) is 30.8 Å². The minimum absolute atomic E-state index is 0.0767. The Morgan fingerprint density at radius 3 is 2.80 bits per heavy atom. The minimum Gasteiger partial charge on any atom is -0.508 e. The first-order valence-corrected chi connectivity index (χ1v) is 9.16. The lowest BCUT2D eigenvalue weighted by atomic mass is 9.99. The first-order valence-electron chi connectivity index (χ1n) is 9.16. The van der Waals surface area contributed by atoms with E-state index in [4.69, 9.17) is 4.74 Å². The predicted octanol–water partition coefficient (Wildman–Crippen LogP) is 3.75. The summed E-state index contributed by atoms with van der Waals surface area (Å²) in [6, 6.07) is 4.67. The molecule has 0 spiro atoms. The van der Waals surface area contributed by atoms with E-state index in [1.54, 1.807) is 15.5 Å². The highest BCUT2D eigenvalue weighted by Crippen LogP contribution is 2.40. The number of fused-ring (bicyclic) bond motifs is 1. The molecular formula is C21H18F3N3O3. The molecule has 4 rings (SSSR count). The third-order valence-electron chi connectivity index (χ3n) is 5.02. The van der Waals surface area contributed by atoms with Crippen molar-refractivity contribution in [2.45, 2.75) is 6.18 Å². The average Bonchev–Trinajstić information content (AvgIpc) is 3.14. The lowest BCUT2D eigenvalue weighted by Gasteiger charge is -2.38. The normalized spacial score (nSPS) is 14.6. The van der Waals surface area contributed by atoms with E-state index in [2.05, 4.69) is 11.6 Å². The Morgan fingerprint density at radius 1 is 1.33 bits per heavy atom. The topological polar surface area (TPSA) is 67.1 Å². The number of carbonyl (C=O) groups excluding carboxylic acids is 1. The Hall–Kier alpha value is -3.49. The van der Waals surface area contributed by atoms with Crippen LogP contribution in [0.1, 0.15) is 5.56 Å². The molecular weight excluding hydrogens is 399 g/mol. The molecule has 156 valence electrons. The van der Waals surface area contributed by atoms with E-state index in [0.717, 1.165) is 0 Å². The van der Waals surface area contributed by atoms with Crippen molar-refractivity contribution in [3.05, 3.63) is 61.2 Å². The quantitative estimate of drug-likeness (QED) is 0.642. The van der Waals surface area contributed by atoms with E-state index in [1.165, 1.54) is 36.8 Å². The minimum atomic E-state index is -4.63. The molecule has 6 nitrogen and oxygen atoms in total. The fourth-order valence-corrected chi connectivity index (χ4v) is 3.47. The van der Waals surface area contributed by atoms with Gasteiger partial charge in [0.2, 0.25) is 5.91 Å². The number of halogens is 3. The second-order valence-electron chi connectivity index (χ2n) is 7.13. The molecule has 1 N–H and O–H groups in total. The molecule has 1 aliphatic heterocycles. The molecule has 0 bridgehead atoms. The van der Waals surface area contributed by atoms with E-state index in [1.807, 2.05) is 0 Å². The number of imidazole rings is 1. The predicted molar refractivity (Wildman–Crippen MR) is 103 cm³/mol. The summed E-state index contributed by atoms with van der Waals surface area (Å²) in [5.74, 6) is -0.0899. The molecule has 1 fully saturated rings. The number of rotatable bonds is 5. The molecule has 0 unspecified atom stereocenters. The molecule has 30 heavy (non-hydrogen) atoms. The van der Waals surface area contributed by atoms with Crippen molar-refractivity contribution in [3.8, 4) is 22.6 Å². The van der Waals surface area contributed by atoms with Gasteiger partial charge in [-0.05, 0) is 29.8 Å². The molecule has 2 aromatic heterocycles. The number of phenols is 1. The molecule has 0 saturated carbocycles. The van der Waals surface area contributed by atoms with E-state index in [0.29, 0.717) is 37.0 Å². The largest absolute Gasteiger partial charge is 0.508 e. The highest BCUT2D eigenvalue weighted by atomic mass is 19.4. The summed E-state index contributed by atoms with van der Waals surface area (Å²) < 4.78 is 48.0. The Labute approximate surface area is 169 Å². The zero-order valence-corrected chi connectivity index (χ0v) is 15.8. The third kappa shape index (κ3) is 3.70. The SMILES string of the molecule is C=CC(=O)N1CC(COc2cc(-c3ccc(O)cc3C(F)(F)F)cn3cncc23)C1. The first kappa shape index (κ1) is 19.8. The molecule has 0 atom stereocenters. The standard InChI is InChI=1S/C21H18F3N3O3/c1-2-20(29)26-8-13(9-26)11-30-19-5-14(10-27-12-25-7-18(19)27)16-4-3-15(28)6-17(16)21(22,23)24/h2-7,10,12-13,28H,1,8-9,11H2. The van der Waals surface area contributed by atoms with Crippen molar-refractivity contribution in [2.75, 3.05) is 19.7 Å². The second kappa shape index (κ2) is 7.40. The van der Waals surface area contributed by atoms with Crippen molar-refractivity contribution < 1.29 is 27.8 Å². The van der Waals surface area contributed by atoms with Crippen LogP contribution in [0.3, 0.4) is 0 Å². The Bertz CT molecular complexity index is 1120. The van der Waals surface area contributed by atoms with E-state index < -0.39 is 17.5 Å². The van der Waals surface area contributed by atoms with Gasteiger partial charge in [0.1, 0.15) is 17.0 Å². The summed E-state index contributed by atoms with van der Waals surface area (Å²) in [5, 5.41) is 9.52. The van der Waals surface area contributed by atoms with Gasteiger partial charge in [0.25, 0.3) is 0 Å². The Kier molecular flexibility index (Phi) is 4.89. The van der Waals surface area contributed by atoms with Gasteiger partial charge in [-0.2, -0.15) is 13.2 Å². The van der Waals surface area contributed by atoms with E-state index in [-0.39, 0.29) is 23.0 Å². The zero-order chi connectivity index (χ0) is 21.5. The number of amides is 1. The van der Waals surface area contributed by atoms with Gasteiger partial charge in [-0.3, -0.25) is 4.79 Å². The number of phenolic OH excluding ortho intramolecular Hbond substituents is 1. The number of likely N-dealkylation sites (tertiary alicyclic amines) is 1. The summed E-state index contributed by atoms with van der Waals surface area (Å²) in [6.07, 6.45) is 1.20. The number of hydrogen-bond donors (Lipinski definition) is 1. The number of pyridine rings is 1. The number of alkyl halides is 3. The number of nitrogens with zero attached hydrogens (tertiary/aromatic N) is 3. The molecule has 0 aliphatic carbocycles. The van der Waals surface area contributed by atoms with Crippen molar-refractivity contribution >= 4 is 11.4 Å². The maximum atomic E-state index is 13.5. The summed E-state index contributed by atoms with van der Waals surface area (Å²) in [5.41, 5.74) is -0.123. The van der Waals surface area contributed by atoms with Crippen LogP contribution in [0.25, 0.3) is 16.6 Å². The summed E-state index contributed by atoms with van der Waals surface area (Å²) >= 11 is 0. The number of aromatic nitrogens is 2. The number of hydrogen-bond acceptors (Lipinski definition) is 4. The van der Waals surface area contributed by atoms with Crippen LogP contribution < -0.4 is 4.74 Å².